The van der Waals surface area contributed by atoms with Gasteiger partial charge in [0.2, 0.25) is 0 Å². The van der Waals surface area contributed by atoms with Gasteiger partial charge in [-0.15, -0.1) is 0 Å². The fraction of sp³-hybridized carbons (Fsp3) is 0.920. The summed E-state index contributed by atoms with van der Waals surface area (Å²) in [6.07, 6.45) is 6.32. The molecule has 0 heterocycles. The Hall–Kier alpha value is -0.940. The quantitative estimate of drug-likeness (QED) is 0.677. The fourth-order valence-corrected chi connectivity index (χ4v) is 8.49. The Morgan fingerprint density at radius 2 is 1.90 bits per heavy atom. The lowest BCUT2D eigenvalue weighted by atomic mass is 9.43. The van der Waals surface area contributed by atoms with Gasteiger partial charge in [0.05, 0.1) is 19.3 Å². The van der Waals surface area contributed by atoms with E-state index in [1.165, 1.54) is 7.11 Å². The molecule has 1 unspecified atom stereocenters. The number of ether oxygens (including phenoxy) is 1. The molecule has 0 aromatic rings. The van der Waals surface area contributed by atoms with Gasteiger partial charge < -0.3 is 14.9 Å². The zero-order valence-electron chi connectivity index (χ0n) is 19.1. The lowest BCUT2D eigenvalue weighted by Gasteiger charge is -2.61. The summed E-state index contributed by atoms with van der Waals surface area (Å²) >= 11 is 0. The second-order valence-electron chi connectivity index (χ2n) is 11.4. The van der Waals surface area contributed by atoms with E-state index in [4.69, 9.17) is 4.74 Å². The number of ketones is 1. The molecule has 5 heteroatoms. The van der Waals surface area contributed by atoms with Gasteiger partial charge in [-0.1, -0.05) is 20.8 Å². The van der Waals surface area contributed by atoms with Crippen molar-refractivity contribution in [3.63, 3.8) is 0 Å². The molecule has 4 aliphatic carbocycles. The maximum atomic E-state index is 13.4. The molecular weight excluding hydrogens is 380 g/mol. The fourth-order valence-electron chi connectivity index (χ4n) is 8.49. The highest BCUT2D eigenvalue weighted by atomic mass is 16.5. The molecule has 0 aliphatic heterocycles. The van der Waals surface area contributed by atoms with Crippen LogP contribution in [0.15, 0.2) is 0 Å². The van der Waals surface area contributed by atoms with E-state index in [1.807, 2.05) is 0 Å². The summed E-state index contributed by atoms with van der Waals surface area (Å²) in [5.41, 5.74) is -0.210. The summed E-state index contributed by atoms with van der Waals surface area (Å²) in [6.45, 7) is 6.74. The van der Waals surface area contributed by atoms with E-state index >= 15 is 0 Å². The topological polar surface area (TPSA) is 83.8 Å². The van der Waals surface area contributed by atoms with Crippen molar-refractivity contribution in [3.8, 4) is 0 Å². The third-order valence-corrected chi connectivity index (χ3v) is 10.3. The van der Waals surface area contributed by atoms with Crippen LogP contribution in [0.5, 0.6) is 0 Å². The minimum Gasteiger partial charge on any atom is -0.469 e. The molecule has 0 saturated heterocycles. The number of rotatable bonds is 4. The molecule has 2 N–H and O–H groups in total. The normalized spacial score (nSPS) is 49.0. The minimum absolute atomic E-state index is 0.0488. The van der Waals surface area contributed by atoms with E-state index in [9.17, 15) is 19.8 Å². The predicted octanol–water partition coefficient (Wildman–Crippen LogP) is 3.75. The molecule has 4 aliphatic rings. The molecule has 0 aromatic carbocycles. The van der Waals surface area contributed by atoms with Crippen LogP contribution < -0.4 is 0 Å². The largest absolute Gasteiger partial charge is 0.469 e. The number of methoxy groups -OCH3 is 1. The van der Waals surface area contributed by atoms with Gasteiger partial charge in [-0.25, -0.2) is 0 Å². The predicted molar refractivity (Wildman–Crippen MR) is 113 cm³/mol. The molecule has 0 bridgehead atoms. The third kappa shape index (κ3) is 3.26. The first-order valence-electron chi connectivity index (χ1n) is 12.1. The monoisotopic (exact) mass is 420 g/mol. The van der Waals surface area contributed by atoms with Crippen LogP contribution in [0.25, 0.3) is 0 Å². The summed E-state index contributed by atoms with van der Waals surface area (Å²) in [7, 11) is 1.43. The Bertz CT molecular complexity index is 691. The van der Waals surface area contributed by atoms with E-state index in [1.54, 1.807) is 0 Å². The van der Waals surface area contributed by atoms with Crippen molar-refractivity contribution in [3.05, 3.63) is 0 Å². The number of fused-ring (bicyclic) bond motifs is 5. The van der Waals surface area contributed by atoms with Crippen LogP contribution in [0.4, 0.5) is 0 Å². The summed E-state index contributed by atoms with van der Waals surface area (Å²) < 4.78 is 4.82. The zero-order chi connectivity index (χ0) is 21.8. The molecule has 0 amide bonds. The summed E-state index contributed by atoms with van der Waals surface area (Å²) in [4.78, 5) is 25.1. The van der Waals surface area contributed by atoms with Crippen LogP contribution in [0, 0.1) is 46.3 Å². The maximum Gasteiger partial charge on any atom is 0.305 e. The van der Waals surface area contributed by atoms with Gasteiger partial charge >= 0.3 is 5.97 Å². The van der Waals surface area contributed by atoms with Crippen molar-refractivity contribution >= 4 is 11.8 Å². The van der Waals surface area contributed by atoms with Gasteiger partial charge in [-0.3, -0.25) is 9.59 Å². The van der Waals surface area contributed by atoms with Crippen molar-refractivity contribution in [2.75, 3.05) is 7.11 Å². The van der Waals surface area contributed by atoms with Crippen molar-refractivity contribution in [1.82, 2.24) is 0 Å². The average molecular weight is 421 g/mol. The molecule has 0 spiro atoms. The second-order valence-corrected chi connectivity index (χ2v) is 11.4. The number of hydrogen-bond donors (Lipinski definition) is 2. The number of Topliss-reactive ketones (excluding diaryl/α,β-unsaturated/α-hetero) is 1. The Kier molecular flexibility index (Phi) is 5.85. The van der Waals surface area contributed by atoms with E-state index in [-0.39, 0.29) is 46.6 Å². The van der Waals surface area contributed by atoms with E-state index < -0.39 is 6.10 Å². The number of esters is 1. The number of hydrogen-bond acceptors (Lipinski definition) is 5. The number of aliphatic hydroxyl groups excluding tert-OH is 2. The summed E-state index contributed by atoms with van der Waals surface area (Å²) in [5, 5.41) is 21.7. The van der Waals surface area contributed by atoms with Gasteiger partial charge in [0, 0.05) is 24.2 Å². The van der Waals surface area contributed by atoms with Crippen molar-refractivity contribution in [2.45, 2.75) is 90.8 Å². The molecule has 4 fully saturated rings. The van der Waals surface area contributed by atoms with Crippen LogP contribution in [0.2, 0.25) is 0 Å². The molecule has 4 saturated carbocycles. The number of carbonyl (C=O) groups is 2. The van der Waals surface area contributed by atoms with Crippen LogP contribution in [0.3, 0.4) is 0 Å². The second kappa shape index (κ2) is 7.88. The Labute approximate surface area is 180 Å². The van der Waals surface area contributed by atoms with E-state index in [0.29, 0.717) is 36.9 Å². The third-order valence-electron chi connectivity index (χ3n) is 10.3. The van der Waals surface area contributed by atoms with Crippen molar-refractivity contribution in [2.24, 2.45) is 46.3 Å². The molecule has 30 heavy (non-hydrogen) atoms. The number of aliphatic hydroxyl groups is 2. The first-order valence-corrected chi connectivity index (χ1v) is 12.1. The first-order chi connectivity index (χ1) is 14.1. The van der Waals surface area contributed by atoms with Gasteiger partial charge in [0.15, 0.2) is 0 Å². The van der Waals surface area contributed by atoms with Crippen molar-refractivity contribution in [1.29, 1.82) is 0 Å². The van der Waals surface area contributed by atoms with Crippen molar-refractivity contribution < 1.29 is 24.5 Å². The van der Waals surface area contributed by atoms with Gasteiger partial charge in [0.25, 0.3) is 0 Å². The standard InChI is InChI=1S/C25H40O5/c1-14(5-8-22(29)30-4)17-6-7-18-23-19(13-21(28)25(17,18)3)24(2)10-9-16(26)11-15(24)12-20(23)27/h14-19,21,23,26,28H,5-13H2,1-4H3/t14?,15-,16+,17+,18-,19-,21-,23-,24-,25+/m0/s1. The molecule has 0 aromatic heterocycles. The molecular formula is C25H40O5. The highest BCUT2D eigenvalue weighted by Gasteiger charge is 2.65. The average Bonchev–Trinajstić information content (AvgIpc) is 3.06. The Balaban J connectivity index is 1.59. The van der Waals surface area contributed by atoms with Gasteiger partial charge in [-0.2, -0.15) is 0 Å². The van der Waals surface area contributed by atoms with Crippen LogP contribution in [0.1, 0.15) is 78.6 Å². The van der Waals surface area contributed by atoms with Crippen LogP contribution in [-0.4, -0.2) is 41.3 Å². The lowest BCUT2D eigenvalue weighted by molar-refractivity contribution is -0.182. The molecule has 5 nitrogen and oxygen atoms in total. The molecule has 10 atom stereocenters. The lowest BCUT2D eigenvalue weighted by Crippen LogP contribution is -2.61. The SMILES string of the molecule is COC(=O)CCC(C)[C@H]1CC[C@H]2[C@@H]3C(=O)C[C@@H]4C[C@H](O)CC[C@]4(C)[C@H]3C[C@H](O)[C@]12C. The zero-order valence-corrected chi connectivity index (χ0v) is 19.1. The number of carbonyl (C=O) groups excluding carboxylic acids is 2. The van der Waals surface area contributed by atoms with Gasteiger partial charge in [0.1, 0.15) is 5.78 Å². The molecule has 170 valence electrons. The highest BCUT2D eigenvalue weighted by molar-refractivity contribution is 5.83. The maximum absolute atomic E-state index is 13.4. The summed E-state index contributed by atoms with van der Waals surface area (Å²) in [5.74, 6) is 1.61. The van der Waals surface area contributed by atoms with E-state index in [2.05, 4.69) is 20.8 Å². The first kappa shape index (κ1) is 22.3. The minimum atomic E-state index is -0.410. The highest BCUT2D eigenvalue weighted by Crippen LogP contribution is 2.67. The van der Waals surface area contributed by atoms with Gasteiger partial charge in [-0.05, 0) is 80.0 Å². The molecule has 4 rings (SSSR count). The Morgan fingerprint density at radius 3 is 2.60 bits per heavy atom. The molecule has 0 radical (unpaired) electrons. The summed E-state index contributed by atoms with van der Waals surface area (Å²) in [6, 6.07) is 0. The van der Waals surface area contributed by atoms with Crippen LogP contribution >= 0.6 is 0 Å². The van der Waals surface area contributed by atoms with E-state index in [0.717, 1.165) is 38.5 Å². The smallest absolute Gasteiger partial charge is 0.305 e. The van der Waals surface area contributed by atoms with Crippen LogP contribution in [-0.2, 0) is 14.3 Å². The Morgan fingerprint density at radius 1 is 1.17 bits per heavy atom.